The molecule has 0 radical (unpaired) electrons. The molecular weight excluding hydrogens is 276 g/mol. The van der Waals surface area contributed by atoms with E-state index in [2.05, 4.69) is 5.32 Å². The summed E-state index contributed by atoms with van der Waals surface area (Å²) in [5, 5.41) is 3.55. The van der Waals surface area contributed by atoms with Crippen LogP contribution in [0.1, 0.15) is 23.5 Å². The van der Waals surface area contributed by atoms with Crippen LogP contribution in [0.3, 0.4) is 0 Å². The van der Waals surface area contributed by atoms with Gasteiger partial charge in [-0.1, -0.05) is 0 Å². The number of nitrogens with two attached hydrogens (primary N) is 1. The van der Waals surface area contributed by atoms with Crippen LogP contribution in [0.4, 0.5) is 5.69 Å². The second kappa shape index (κ2) is 5.92. The number of rotatable bonds is 4. The number of nitrogens with one attached hydrogen (secondary N) is 1. The topological polar surface area (TPSA) is 81.4 Å². The Hall–Kier alpha value is -2.08. The first-order valence-corrected chi connectivity index (χ1v) is 7.03. The van der Waals surface area contributed by atoms with Gasteiger partial charge in [0, 0.05) is 16.4 Å². The Balaban J connectivity index is 2.02. The summed E-state index contributed by atoms with van der Waals surface area (Å²) in [6, 6.07) is 7.18. The lowest BCUT2D eigenvalue weighted by Crippen LogP contribution is -2.33. The minimum atomic E-state index is -0.497. The number of fused-ring (bicyclic) bond motifs is 1. The summed E-state index contributed by atoms with van der Waals surface area (Å²) in [5.74, 6) is -0.803. The Morgan fingerprint density at radius 1 is 1.35 bits per heavy atom. The van der Waals surface area contributed by atoms with Gasteiger partial charge in [-0.25, -0.2) is 4.79 Å². The fourth-order valence-corrected chi connectivity index (χ4v) is 2.67. The van der Waals surface area contributed by atoms with E-state index < -0.39 is 5.97 Å². The first-order chi connectivity index (χ1) is 9.45. The van der Waals surface area contributed by atoms with Gasteiger partial charge in [-0.3, -0.25) is 4.79 Å². The fourth-order valence-electron chi connectivity index (χ4n) is 1.73. The molecule has 0 saturated heterocycles. The maximum atomic E-state index is 11.9. The molecule has 6 heteroatoms. The summed E-state index contributed by atoms with van der Waals surface area (Å²) in [7, 11) is 0. The normalized spacial score (nSPS) is 10.8. The third kappa shape index (κ3) is 3.48. The van der Waals surface area contributed by atoms with E-state index in [1.165, 1.54) is 11.3 Å². The highest BCUT2D eigenvalue weighted by Gasteiger charge is 2.14. The predicted octanol–water partition coefficient (Wildman–Crippen LogP) is 2.16. The standard InChI is InChI=1S/C14H16N2O3S/c1-8(2)16-13(17)7-19-14(18)12-6-9-5-10(15)3-4-11(9)20-12/h3-6,8H,7,15H2,1-2H3,(H,16,17). The van der Waals surface area contributed by atoms with Crippen LogP contribution in [0.2, 0.25) is 0 Å². The number of carbonyl (C=O) groups is 2. The Morgan fingerprint density at radius 3 is 2.80 bits per heavy atom. The molecule has 0 spiro atoms. The van der Waals surface area contributed by atoms with Crippen molar-refractivity contribution in [1.82, 2.24) is 5.32 Å². The molecule has 1 heterocycles. The van der Waals surface area contributed by atoms with Crippen molar-refractivity contribution in [3.8, 4) is 0 Å². The molecule has 0 saturated carbocycles. The van der Waals surface area contributed by atoms with Crippen molar-refractivity contribution in [2.45, 2.75) is 19.9 Å². The molecule has 1 aromatic carbocycles. The van der Waals surface area contributed by atoms with Crippen LogP contribution in [0.5, 0.6) is 0 Å². The summed E-state index contributed by atoms with van der Waals surface area (Å²) < 4.78 is 5.94. The first kappa shape index (κ1) is 14.3. The highest BCUT2D eigenvalue weighted by Crippen LogP contribution is 2.27. The van der Waals surface area contributed by atoms with E-state index in [0.717, 1.165) is 10.1 Å². The van der Waals surface area contributed by atoms with Gasteiger partial charge in [0.25, 0.3) is 5.91 Å². The number of carbonyl (C=O) groups excluding carboxylic acids is 2. The minimum absolute atomic E-state index is 0.0218. The van der Waals surface area contributed by atoms with Crippen molar-refractivity contribution in [3.05, 3.63) is 29.1 Å². The van der Waals surface area contributed by atoms with Gasteiger partial charge in [0.15, 0.2) is 6.61 Å². The van der Waals surface area contributed by atoms with Crippen molar-refractivity contribution in [3.63, 3.8) is 0 Å². The number of esters is 1. The zero-order valence-corrected chi connectivity index (χ0v) is 12.1. The minimum Gasteiger partial charge on any atom is -0.451 e. The second-order valence-electron chi connectivity index (χ2n) is 4.71. The average molecular weight is 292 g/mol. The van der Waals surface area contributed by atoms with Crippen LogP contribution in [-0.2, 0) is 9.53 Å². The van der Waals surface area contributed by atoms with Gasteiger partial charge < -0.3 is 15.8 Å². The van der Waals surface area contributed by atoms with Gasteiger partial charge in [0.05, 0.1) is 0 Å². The van der Waals surface area contributed by atoms with E-state index in [4.69, 9.17) is 10.5 Å². The Bertz CT molecular complexity index is 649. The van der Waals surface area contributed by atoms with Gasteiger partial charge in [0.2, 0.25) is 0 Å². The third-order valence-corrected chi connectivity index (χ3v) is 3.62. The van der Waals surface area contributed by atoms with Crippen LogP contribution in [-0.4, -0.2) is 24.5 Å². The molecule has 1 amide bonds. The molecule has 106 valence electrons. The number of ether oxygens (including phenoxy) is 1. The van der Waals surface area contributed by atoms with Crippen molar-refractivity contribution in [2.24, 2.45) is 0 Å². The lowest BCUT2D eigenvalue weighted by Gasteiger charge is -2.08. The fraction of sp³-hybridized carbons (Fsp3) is 0.286. The molecule has 1 aromatic heterocycles. The summed E-state index contributed by atoms with van der Waals surface area (Å²) >= 11 is 1.32. The largest absolute Gasteiger partial charge is 0.451 e. The molecule has 0 aliphatic carbocycles. The number of benzene rings is 1. The number of hydrogen-bond acceptors (Lipinski definition) is 5. The quantitative estimate of drug-likeness (QED) is 0.668. The number of anilines is 1. The Kier molecular flexibility index (Phi) is 4.24. The van der Waals surface area contributed by atoms with Crippen molar-refractivity contribution >= 4 is 39.0 Å². The van der Waals surface area contributed by atoms with Crippen molar-refractivity contribution in [1.29, 1.82) is 0 Å². The molecule has 0 bridgehead atoms. The van der Waals surface area contributed by atoms with E-state index in [-0.39, 0.29) is 18.6 Å². The Labute approximate surface area is 120 Å². The predicted molar refractivity (Wildman–Crippen MR) is 79.8 cm³/mol. The molecule has 2 rings (SSSR count). The molecule has 5 nitrogen and oxygen atoms in total. The van der Waals surface area contributed by atoms with Crippen molar-refractivity contribution in [2.75, 3.05) is 12.3 Å². The number of hydrogen-bond donors (Lipinski definition) is 2. The van der Waals surface area contributed by atoms with Crippen LogP contribution in [0.25, 0.3) is 10.1 Å². The van der Waals surface area contributed by atoms with Gasteiger partial charge >= 0.3 is 5.97 Å². The Morgan fingerprint density at radius 2 is 2.10 bits per heavy atom. The third-order valence-electron chi connectivity index (χ3n) is 2.53. The van der Waals surface area contributed by atoms with Crippen molar-refractivity contribution < 1.29 is 14.3 Å². The number of amides is 1. The molecular formula is C14H16N2O3S. The van der Waals surface area contributed by atoms with Crippen LogP contribution in [0, 0.1) is 0 Å². The van der Waals surface area contributed by atoms with Gasteiger partial charge in [-0.15, -0.1) is 11.3 Å². The SMILES string of the molecule is CC(C)NC(=O)COC(=O)c1cc2cc(N)ccc2s1. The van der Waals surface area contributed by atoms with Gasteiger partial charge in [-0.05, 0) is 43.5 Å². The van der Waals surface area contributed by atoms with Crippen LogP contribution in [0.15, 0.2) is 24.3 Å². The number of thiophene rings is 1. The monoisotopic (exact) mass is 292 g/mol. The summed E-state index contributed by atoms with van der Waals surface area (Å²) in [4.78, 5) is 23.7. The van der Waals surface area contributed by atoms with Gasteiger partial charge in [-0.2, -0.15) is 0 Å². The second-order valence-corrected chi connectivity index (χ2v) is 5.79. The summed E-state index contributed by atoms with van der Waals surface area (Å²) in [6.07, 6.45) is 0. The number of nitrogen functional groups attached to an aromatic ring is 1. The zero-order valence-electron chi connectivity index (χ0n) is 11.3. The van der Waals surface area contributed by atoms with Crippen LogP contribution >= 0.6 is 11.3 Å². The zero-order chi connectivity index (χ0) is 14.7. The molecule has 20 heavy (non-hydrogen) atoms. The maximum absolute atomic E-state index is 11.9. The first-order valence-electron chi connectivity index (χ1n) is 6.21. The van der Waals surface area contributed by atoms with Gasteiger partial charge in [0.1, 0.15) is 4.88 Å². The average Bonchev–Trinajstić information content (AvgIpc) is 2.78. The molecule has 0 fully saturated rings. The molecule has 2 aromatic rings. The summed E-state index contributed by atoms with van der Waals surface area (Å²) in [6.45, 7) is 3.42. The van der Waals surface area contributed by atoms with E-state index in [1.54, 1.807) is 18.2 Å². The molecule has 0 atom stereocenters. The highest BCUT2D eigenvalue weighted by atomic mass is 32.1. The molecule has 3 N–H and O–H groups in total. The molecule has 0 unspecified atom stereocenters. The maximum Gasteiger partial charge on any atom is 0.348 e. The molecule has 0 aliphatic rings. The van der Waals surface area contributed by atoms with E-state index in [9.17, 15) is 9.59 Å². The highest BCUT2D eigenvalue weighted by molar-refractivity contribution is 7.20. The lowest BCUT2D eigenvalue weighted by molar-refractivity contribution is -0.124. The van der Waals surface area contributed by atoms with E-state index in [0.29, 0.717) is 10.6 Å². The van der Waals surface area contributed by atoms with E-state index in [1.807, 2.05) is 19.9 Å². The lowest BCUT2D eigenvalue weighted by atomic mass is 10.2. The molecule has 0 aliphatic heterocycles. The summed E-state index contributed by atoms with van der Waals surface area (Å²) in [5.41, 5.74) is 6.33. The van der Waals surface area contributed by atoms with E-state index >= 15 is 0 Å². The smallest absolute Gasteiger partial charge is 0.348 e. The van der Waals surface area contributed by atoms with Crippen LogP contribution < -0.4 is 11.1 Å².